The summed E-state index contributed by atoms with van der Waals surface area (Å²) in [5.74, 6) is -2.35. The van der Waals surface area contributed by atoms with Crippen LogP contribution in [-0.4, -0.2) is 49.5 Å². The fraction of sp³-hybridized carbons (Fsp3) is 0.526. The van der Waals surface area contributed by atoms with Crippen LogP contribution in [0.4, 0.5) is 0 Å². The number of fused-ring (bicyclic) bond motifs is 1. The minimum Gasteiger partial charge on any atom is -0.496 e. The Balaban J connectivity index is 2.21. The Bertz CT molecular complexity index is 762. The highest BCUT2D eigenvalue weighted by atomic mass is 16.5. The largest absolute Gasteiger partial charge is 0.496 e. The molecule has 3 rings (SSSR count). The molecule has 1 N–H and O–H groups in total. The van der Waals surface area contributed by atoms with Crippen molar-refractivity contribution in [3.63, 3.8) is 0 Å². The SMILES string of the molecule is COC(=O)[C@@]1(C(C)C)N[C@@H](c2ccccc2OC)[C@H]2C(=O)N(C)C(=O)[C@@H]21. The van der Waals surface area contributed by atoms with Crippen LogP contribution in [0.5, 0.6) is 5.75 Å². The first-order valence-corrected chi connectivity index (χ1v) is 8.61. The van der Waals surface area contributed by atoms with Gasteiger partial charge in [0.25, 0.3) is 0 Å². The molecule has 1 aromatic carbocycles. The smallest absolute Gasteiger partial charge is 0.327 e. The van der Waals surface area contributed by atoms with Gasteiger partial charge in [0.1, 0.15) is 11.3 Å². The highest BCUT2D eigenvalue weighted by Gasteiger charge is 2.69. The van der Waals surface area contributed by atoms with Crippen molar-refractivity contribution in [2.75, 3.05) is 21.3 Å². The van der Waals surface area contributed by atoms with Crippen molar-refractivity contribution in [1.82, 2.24) is 10.2 Å². The van der Waals surface area contributed by atoms with Crippen molar-refractivity contribution in [2.45, 2.75) is 25.4 Å². The molecule has 2 saturated heterocycles. The molecule has 0 saturated carbocycles. The minimum absolute atomic E-state index is 0.259. The number of nitrogens with zero attached hydrogens (tertiary/aromatic N) is 1. The zero-order chi connectivity index (χ0) is 19.2. The van der Waals surface area contributed by atoms with Crippen molar-refractivity contribution in [2.24, 2.45) is 17.8 Å². The summed E-state index contributed by atoms with van der Waals surface area (Å²) in [6.07, 6.45) is 0. The molecule has 0 unspecified atom stereocenters. The highest BCUT2D eigenvalue weighted by molar-refractivity contribution is 6.09. The third-order valence-corrected chi connectivity index (χ3v) is 5.72. The third kappa shape index (κ3) is 2.26. The first-order valence-electron chi connectivity index (χ1n) is 8.61. The molecule has 4 atom stereocenters. The number of likely N-dealkylation sites (tertiary alicyclic amines) is 1. The van der Waals surface area contributed by atoms with Crippen LogP contribution < -0.4 is 10.1 Å². The van der Waals surface area contributed by atoms with Gasteiger partial charge in [0.15, 0.2) is 0 Å². The molecule has 2 fully saturated rings. The number of rotatable bonds is 4. The quantitative estimate of drug-likeness (QED) is 0.640. The van der Waals surface area contributed by atoms with Crippen molar-refractivity contribution >= 4 is 17.8 Å². The summed E-state index contributed by atoms with van der Waals surface area (Å²) in [4.78, 5) is 39.7. The van der Waals surface area contributed by atoms with Gasteiger partial charge in [0, 0.05) is 18.7 Å². The van der Waals surface area contributed by atoms with E-state index in [9.17, 15) is 14.4 Å². The summed E-state index contributed by atoms with van der Waals surface area (Å²) in [6.45, 7) is 3.70. The Hall–Kier alpha value is -2.41. The third-order valence-electron chi connectivity index (χ3n) is 5.72. The molecular weight excluding hydrogens is 336 g/mol. The Labute approximate surface area is 152 Å². The van der Waals surface area contributed by atoms with Gasteiger partial charge in [-0.3, -0.25) is 24.6 Å². The predicted molar refractivity (Wildman–Crippen MR) is 93.2 cm³/mol. The zero-order valence-electron chi connectivity index (χ0n) is 15.6. The van der Waals surface area contributed by atoms with Crippen LogP contribution in [0.1, 0.15) is 25.5 Å². The fourth-order valence-corrected chi connectivity index (χ4v) is 4.40. The Kier molecular flexibility index (Phi) is 4.52. The van der Waals surface area contributed by atoms with E-state index in [4.69, 9.17) is 9.47 Å². The van der Waals surface area contributed by atoms with Crippen LogP contribution in [0.3, 0.4) is 0 Å². The van der Waals surface area contributed by atoms with Gasteiger partial charge in [-0.05, 0) is 12.0 Å². The van der Waals surface area contributed by atoms with Gasteiger partial charge in [-0.15, -0.1) is 0 Å². The Morgan fingerprint density at radius 2 is 1.85 bits per heavy atom. The second kappa shape index (κ2) is 6.39. The molecule has 7 nitrogen and oxygen atoms in total. The molecule has 0 aromatic heterocycles. The number of imide groups is 1. The molecule has 0 bridgehead atoms. The van der Waals surface area contributed by atoms with Crippen molar-refractivity contribution in [3.05, 3.63) is 29.8 Å². The number of hydrogen-bond donors (Lipinski definition) is 1. The van der Waals surface area contributed by atoms with Crippen LogP contribution in [0.2, 0.25) is 0 Å². The lowest BCUT2D eigenvalue weighted by atomic mass is 9.73. The maximum atomic E-state index is 12.9. The second-order valence-electron chi connectivity index (χ2n) is 7.12. The summed E-state index contributed by atoms with van der Waals surface area (Å²) < 4.78 is 10.5. The number of ether oxygens (including phenoxy) is 2. The molecule has 2 aliphatic heterocycles. The van der Waals surface area contributed by atoms with Crippen LogP contribution >= 0.6 is 0 Å². The number of benzene rings is 1. The normalized spacial score (nSPS) is 30.7. The maximum Gasteiger partial charge on any atom is 0.327 e. The van der Waals surface area contributed by atoms with Gasteiger partial charge in [0.05, 0.1) is 26.1 Å². The van der Waals surface area contributed by atoms with E-state index in [1.807, 2.05) is 32.0 Å². The van der Waals surface area contributed by atoms with Crippen LogP contribution in [-0.2, 0) is 19.1 Å². The summed E-state index contributed by atoms with van der Waals surface area (Å²) in [5.41, 5.74) is -0.532. The second-order valence-corrected chi connectivity index (χ2v) is 7.12. The molecule has 2 amide bonds. The van der Waals surface area contributed by atoms with Gasteiger partial charge in [-0.1, -0.05) is 32.0 Å². The number of carbonyl (C=O) groups excluding carboxylic acids is 3. The van der Waals surface area contributed by atoms with Crippen molar-refractivity contribution < 1.29 is 23.9 Å². The van der Waals surface area contributed by atoms with Crippen LogP contribution in [0, 0.1) is 17.8 Å². The minimum atomic E-state index is -1.28. The standard InChI is InChI=1S/C19H24N2O5/c1-10(2)19(18(24)26-5)14-13(16(22)21(3)17(14)23)15(20-19)11-8-6-7-9-12(11)25-4/h6-10,13-15,20H,1-5H3/t13-,14+,15-,19-/m0/s1. The predicted octanol–water partition coefficient (Wildman–Crippen LogP) is 1.14. The molecular formula is C19H24N2O5. The van der Waals surface area contributed by atoms with Gasteiger partial charge in [0.2, 0.25) is 11.8 Å². The van der Waals surface area contributed by atoms with Gasteiger partial charge >= 0.3 is 5.97 Å². The number of amides is 2. The van der Waals surface area contributed by atoms with Gasteiger partial charge < -0.3 is 9.47 Å². The lowest BCUT2D eigenvalue weighted by molar-refractivity contribution is -0.156. The molecule has 0 radical (unpaired) electrons. The summed E-state index contributed by atoms with van der Waals surface area (Å²) in [7, 11) is 4.31. The average molecular weight is 360 g/mol. The first kappa shape index (κ1) is 18.4. The van der Waals surface area contributed by atoms with E-state index in [1.54, 1.807) is 13.2 Å². The Morgan fingerprint density at radius 3 is 2.42 bits per heavy atom. The van der Waals surface area contributed by atoms with Gasteiger partial charge in [-0.2, -0.15) is 0 Å². The lowest BCUT2D eigenvalue weighted by Gasteiger charge is -2.35. The number of para-hydroxylation sites is 1. The van der Waals surface area contributed by atoms with E-state index < -0.39 is 29.4 Å². The number of nitrogens with one attached hydrogen (secondary N) is 1. The van der Waals surface area contributed by atoms with Crippen molar-refractivity contribution in [3.8, 4) is 5.75 Å². The number of carbonyl (C=O) groups is 3. The van der Waals surface area contributed by atoms with Crippen molar-refractivity contribution in [1.29, 1.82) is 0 Å². The molecule has 0 aliphatic carbocycles. The molecule has 26 heavy (non-hydrogen) atoms. The topological polar surface area (TPSA) is 84.9 Å². The van der Waals surface area contributed by atoms with Crippen LogP contribution in [0.15, 0.2) is 24.3 Å². The summed E-state index contributed by atoms with van der Waals surface area (Å²) in [6, 6.07) is 6.78. The van der Waals surface area contributed by atoms with E-state index in [0.29, 0.717) is 5.75 Å². The highest BCUT2D eigenvalue weighted by Crippen LogP contribution is 2.52. The molecule has 7 heteroatoms. The number of hydrogen-bond acceptors (Lipinski definition) is 6. The zero-order valence-corrected chi connectivity index (χ0v) is 15.6. The lowest BCUT2D eigenvalue weighted by Crippen LogP contribution is -2.59. The van der Waals surface area contributed by atoms with E-state index in [2.05, 4.69) is 5.32 Å². The molecule has 2 heterocycles. The molecule has 2 aliphatic rings. The van der Waals surface area contributed by atoms with Crippen LogP contribution in [0.25, 0.3) is 0 Å². The molecule has 0 spiro atoms. The van der Waals surface area contributed by atoms with E-state index >= 15 is 0 Å². The molecule has 140 valence electrons. The average Bonchev–Trinajstić information content (AvgIpc) is 3.12. The summed E-state index contributed by atoms with van der Waals surface area (Å²) in [5, 5.41) is 3.31. The summed E-state index contributed by atoms with van der Waals surface area (Å²) >= 11 is 0. The van der Waals surface area contributed by atoms with Gasteiger partial charge in [-0.25, -0.2) is 0 Å². The van der Waals surface area contributed by atoms with E-state index in [1.165, 1.54) is 14.2 Å². The molecule has 1 aromatic rings. The Morgan fingerprint density at radius 1 is 1.19 bits per heavy atom. The van der Waals surface area contributed by atoms with E-state index in [0.717, 1.165) is 10.5 Å². The monoisotopic (exact) mass is 360 g/mol. The number of methoxy groups -OCH3 is 2. The number of esters is 1. The first-order chi connectivity index (χ1) is 12.3. The maximum absolute atomic E-state index is 12.9. The van der Waals surface area contributed by atoms with E-state index in [-0.39, 0.29) is 17.7 Å². The fourth-order valence-electron chi connectivity index (χ4n) is 4.40.